The molecule has 3 nitrogen and oxygen atoms in total. The summed E-state index contributed by atoms with van der Waals surface area (Å²) in [7, 11) is 1.77. The van der Waals surface area contributed by atoms with Gasteiger partial charge in [0.25, 0.3) is 0 Å². The first-order valence-corrected chi connectivity index (χ1v) is 8.30. The Morgan fingerprint density at radius 3 is 2.61 bits per heavy atom. The molecule has 5 heteroatoms. The molecular weight excluding hydrogens is 311 g/mol. The van der Waals surface area contributed by atoms with Crippen LogP contribution in [0.1, 0.15) is 10.4 Å². The van der Waals surface area contributed by atoms with Crippen molar-refractivity contribution in [1.82, 2.24) is 9.80 Å². The van der Waals surface area contributed by atoms with Crippen LogP contribution in [-0.2, 0) is 17.9 Å². The second-order valence-corrected chi connectivity index (χ2v) is 6.45. The van der Waals surface area contributed by atoms with Crippen LogP contribution in [0.3, 0.4) is 0 Å². The Labute approximate surface area is 140 Å². The van der Waals surface area contributed by atoms with Gasteiger partial charge in [-0.2, -0.15) is 0 Å². The van der Waals surface area contributed by atoms with Crippen molar-refractivity contribution in [2.45, 2.75) is 13.1 Å². The number of benzene rings is 1. The van der Waals surface area contributed by atoms with Crippen molar-refractivity contribution in [3.05, 3.63) is 70.7 Å². The average molecular weight is 332 g/mol. The van der Waals surface area contributed by atoms with Gasteiger partial charge in [0.2, 0.25) is 5.91 Å². The quantitative estimate of drug-likeness (QED) is 0.691. The molecule has 1 heterocycles. The molecule has 122 valence electrons. The Morgan fingerprint density at radius 1 is 1.26 bits per heavy atom. The summed E-state index contributed by atoms with van der Waals surface area (Å²) in [6.45, 7) is 5.96. The molecule has 2 aromatic rings. The third kappa shape index (κ3) is 5.62. The lowest BCUT2D eigenvalue weighted by molar-refractivity contribution is -0.131. The number of likely N-dealkylation sites (N-methyl/N-ethyl adjacent to an activating group) is 1. The van der Waals surface area contributed by atoms with Crippen molar-refractivity contribution in [1.29, 1.82) is 0 Å². The first-order valence-electron chi connectivity index (χ1n) is 7.42. The smallest absolute Gasteiger partial charge is 0.236 e. The van der Waals surface area contributed by atoms with E-state index < -0.39 is 0 Å². The fraction of sp³-hybridized carbons (Fsp3) is 0.278. The topological polar surface area (TPSA) is 23.6 Å². The lowest BCUT2D eigenvalue weighted by Crippen LogP contribution is -2.37. The van der Waals surface area contributed by atoms with Crippen molar-refractivity contribution in [2.24, 2.45) is 0 Å². The number of hydrogen-bond acceptors (Lipinski definition) is 3. The highest BCUT2D eigenvalue weighted by Crippen LogP contribution is 2.12. The summed E-state index contributed by atoms with van der Waals surface area (Å²) in [5.74, 6) is -0.233. The average Bonchev–Trinajstić information content (AvgIpc) is 3.02. The number of rotatable bonds is 8. The molecule has 0 radical (unpaired) electrons. The van der Waals surface area contributed by atoms with E-state index in [1.54, 1.807) is 41.5 Å². The third-order valence-corrected chi connectivity index (χ3v) is 4.33. The van der Waals surface area contributed by atoms with Crippen LogP contribution >= 0.6 is 11.3 Å². The summed E-state index contributed by atoms with van der Waals surface area (Å²) >= 11 is 1.68. The Bertz CT molecular complexity index is 625. The van der Waals surface area contributed by atoms with Crippen molar-refractivity contribution >= 4 is 17.2 Å². The Balaban J connectivity index is 1.91. The van der Waals surface area contributed by atoms with E-state index in [9.17, 15) is 9.18 Å². The van der Waals surface area contributed by atoms with E-state index in [-0.39, 0.29) is 11.7 Å². The molecule has 0 saturated heterocycles. The highest BCUT2D eigenvalue weighted by atomic mass is 32.1. The van der Waals surface area contributed by atoms with Gasteiger partial charge < -0.3 is 4.90 Å². The lowest BCUT2D eigenvalue weighted by Gasteiger charge is -2.24. The van der Waals surface area contributed by atoms with Crippen LogP contribution in [0.25, 0.3) is 0 Å². The van der Waals surface area contributed by atoms with E-state index in [1.807, 2.05) is 11.4 Å². The molecule has 0 fully saturated rings. The van der Waals surface area contributed by atoms with Crippen molar-refractivity contribution in [3.63, 3.8) is 0 Å². The van der Waals surface area contributed by atoms with Crippen LogP contribution < -0.4 is 0 Å². The van der Waals surface area contributed by atoms with Crippen LogP contribution in [0.15, 0.2) is 54.4 Å². The molecule has 1 amide bonds. The highest BCUT2D eigenvalue weighted by molar-refractivity contribution is 7.09. The summed E-state index contributed by atoms with van der Waals surface area (Å²) in [5.41, 5.74) is 0.913. The summed E-state index contributed by atoms with van der Waals surface area (Å²) < 4.78 is 12.9. The number of thiophene rings is 1. The molecule has 0 spiro atoms. The van der Waals surface area contributed by atoms with E-state index >= 15 is 0 Å². The van der Waals surface area contributed by atoms with Gasteiger partial charge in [-0.15, -0.1) is 17.9 Å². The molecule has 1 aromatic heterocycles. The van der Waals surface area contributed by atoms with Gasteiger partial charge in [0, 0.05) is 31.6 Å². The van der Waals surface area contributed by atoms with Crippen LogP contribution in [0.5, 0.6) is 0 Å². The number of halogens is 1. The van der Waals surface area contributed by atoms with Gasteiger partial charge in [-0.3, -0.25) is 9.69 Å². The number of carbonyl (C=O) groups is 1. The fourth-order valence-electron chi connectivity index (χ4n) is 2.25. The maximum Gasteiger partial charge on any atom is 0.236 e. The lowest BCUT2D eigenvalue weighted by atomic mass is 10.2. The summed E-state index contributed by atoms with van der Waals surface area (Å²) in [6.07, 6.45) is 1.81. The summed E-state index contributed by atoms with van der Waals surface area (Å²) in [5, 5.41) is 2.03. The van der Waals surface area contributed by atoms with Crippen molar-refractivity contribution in [3.8, 4) is 0 Å². The SMILES string of the molecule is C=CCN(CC(=O)N(C)Cc1ccc(F)cc1)Cc1cccs1. The molecule has 0 aliphatic carbocycles. The predicted octanol–water partition coefficient (Wildman–Crippen LogP) is 3.53. The van der Waals surface area contributed by atoms with Crippen LogP contribution in [-0.4, -0.2) is 35.8 Å². The van der Waals surface area contributed by atoms with E-state index in [4.69, 9.17) is 0 Å². The second-order valence-electron chi connectivity index (χ2n) is 5.41. The summed E-state index contributed by atoms with van der Waals surface area (Å²) in [4.78, 5) is 17.4. The number of carbonyl (C=O) groups excluding carboxylic acids is 1. The molecule has 23 heavy (non-hydrogen) atoms. The van der Waals surface area contributed by atoms with Crippen molar-refractivity contribution in [2.75, 3.05) is 20.1 Å². The van der Waals surface area contributed by atoms with E-state index in [0.717, 1.165) is 12.1 Å². The first kappa shape index (κ1) is 17.4. The fourth-order valence-corrected chi connectivity index (χ4v) is 3.00. The van der Waals surface area contributed by atoms with Crippen LogP contribution in [0.4, 0.5) is 4.39 Å². The Hall–Kier alpha value is -1.98. The molecule has 0 aliphatic rings. The van der Waals surface area contributed by atoms with Crippen LogP contribution in [0.2, 0.25) is 0 Å². The largest absolute Gasteiger partial charge is 0.340 e. The molecular formula is C18H21FN2OS. The minimum atomic E-state index is -0.268. The molecule has 0 unspecified atom stereocenters. The number of nitrogens with zero attached hydrogens (tertiary/aromatic N) is 2. The van der Waals surface area contributed by atoms with Gasteiger partial charge in [-0.1, -0.05) is 24.3 Å². The monoisotopic (exact) mass is 332 g/mol. The summed E-state index contributed by atoms with van der Waals surface area (Å²) in [6, 6.07) is 10.3. The normalized spacial score (nSPS) is 10.7. The first-order chi connectivity index (χ1) is 11.1. The standard InChI is InChI=1S/C18H21FN2OS/c1-3-10-21(13-17-5-4-11-23-17)14-18(22)20(2)12-15-6-8-16(19)9-7-15/h3-9,11H,1,10,12-14H2,2H3. The zero-order valence-corrected chi connectivity index (χ0v) is 14.1. The van der Waals surface area contributed by atoms with Gasteiger partial charge in [0.05, 0.1) is 6.54 Å². The third-order valence-electron chi connectivity index (χ3n) is 3.46. The van der Waals surface area contributed by atoms with Gasteiger partial charge >= 0.3 is 0 Å². The number of hydrogen-bond donors (Lipinski definition) is 0. The molecule has 0 aliphatic heterocycles. The van der Waals surface area contributed by atoms with Crippen molar-refractivity contribution < 1.29 is 9.18 Å². The number of amides is 1. The van der Waals surface area contributed by atoms with Gasteiger partial charge in [-0.25, -0.2) is 4.39 Å². The van der Waals surface area contributed by atoms with Crippen LogP contribution in [0, 0.1) is 5.82 Å². The van der Waals surface area contributed by atoms with Gasteiger partial charge in [0.1, 0.15) is 5.82 Å². The minimum absolute atomic E-state index is 0.0349. The molecule has 2 rings (SSSR count). The Morgan fingerprint density at radius 2 is 2.00 bits per heavy atom. The van der Waals surface area contributed by atoms with Gasteiger partial charge in [-0.05, 0) is 29.1 Å². The Kier molecular flexibility index (Phi) is 6.50. The second kappa shape index (κ2) is 8.60. The molecule has 0 saturated carbocycles. The molecule has 0 N–H and O–H groups in total. The maximum absolute atomic E-state index is 12.9. The molecule has 0 atom stereocenters. The molecule has 1 aromatic carbocycles. The zero-order valence-electron chi connectivity index (χ0n) is 13.2. The minimum Gasteiger partial charge on any atom is -0.340 e. The van der Waals surface area contributed by atoms with Gasteiger partial charge in [0.15, 0.2) is 0 Å². The van der Waals surface area contributed by atoms with E-state index in [0.29, 0.717) is 19.6 Å². The maximum atomic E-state index is 12.9. The molecule has 0 bridgehead atoms. The predicted molar refractivity (Wildman–Crippen MR) is 92.7 cm³/mol. The zero-order chi connectivity index (χ0) is 16.7. The van der Waals surface area contributed by atoms with E-state index in [1.165, 1.54) is 17.0 Å². The van der Waals surface area contributed by atoms with E-state index in [2.05, 4.69) is 17.5 Å². The highest BCUT2D eigenvalue weighted by Gasteiger charge is 2.14.